The fourth-order valence-electron chi connectivity index (χ4n) is 1.05. The molecule has 1 aromatic rings. The van der Waals surface area contributed by atoms with Gasteiger partial charge in [0.15, 0.2) is 0 Å². The van der Waals surface area contributed by atoms with Gasteiger partial charge in [-0.3, -0.25) is 0 Å². The van der Waals surface area contributed by atoms with Gasteiger partial charge in [0.1, 0.15) is 5.75 Å². The maximum absolute atomic E-state index is 8.90. The normalized spacial score (nSPS) is 9.15. The summed E-state index contributed by atoms with van der Waals surface area (Å²) in [7, 11) is 1.58. The zero-order chi connectivity index (χ0) is 8.97. The molecule has 0 amide bonds. The van der Waals surface area contributed by atoms with Crippen LogP contribution in [0.1, 0.15) is 11.1 Å². The second kappa shape index (κ2) is 5.80. The van der Waals surface area contributed by atoms with Crippen molar-refractivity contribution in [3.05, 3.63) is 29.3 Å². The first kappa shape index (κ1) is 12.2. The van der Waals surface area contributed by atoms with Crippen molar-refractivity contribution in [3.8, 4) is 5.75 Å². The molecule has 0 saturated carbocycles. The smallest absolute Gasteiger partial charge is 0.124 e. The van der Waals surface area contributed by atoms with Gasteiger partial charge >= 0.3 is 0 Å². The lowest BCUT2D eigenvalue weighted by Gasteiger charge is -2.07. The van der Waals surface area contributed by atoms with Gasteiger partial charge in [0.2, 0.25) is 0 Å². The van der Waals surface area contributed by atoms with Crippen LogP contribution in [0.25, 0.3) is 0 Å². The maximum atomic E-state index is 8.90. The largest absolute Gasteiger partial charge is 0.496 e. The summed E-state index contributed by atoms with van der Waals surface area (Å²) in [6.07, 6.45) is 0. The van der Waals surface area contributed by atoms with Gasteiger partial charge in [0, 0.05) is 12.1 Å². The topological polar surface area (TPSA) is 55.5 Å². The number of aliphatic hydroxyl groups is 1. The van der Waals surface area contributed by atoms with E-state index in [1.165, 1.54) is 0 Å². The second-order valence-corrected chi connectivity index (χ2v) is 2.51. The third kappa shape index (κ3) is 2.88. The predicted octanol–water partition coefficient (Wildman–Crippen LogP) is 1.07. The van der Waals surface area contributed by atoms with E-state index in [2.05, 4.69) is 0 Å². The van der Waals surface area contributed by atoms with Crippen molar-refractivity contribution >= 4 is 12.4 Å². The minimum Gasteiger partial charge on any atom is -0.496 e. The highest BCUT2D eigenvalue weighted by Crippen LogP contribution is 2.19. The number of ether oxygens (including phenoxy) is 1. The SMILES string of the molecule is COc1cc(CN)ccc1CO.Cl. The average molecular weight is 204 g/mol. The number of aliphatic hydroxyl groups excluding tert-OH is 1. The highest BCUT2D eigenvalue weighted by molar-refractivity contribution is 5.85. The molecule has 0 aliphatic heterocycles. The minimum atomic E-state index is -0.00593. The summed E-state index contributed by atoms with van der Waals surface area (Å²) in [5.74, 6) is 0.695. The number of hydrogen-bond donors (Lipinski definition) is 2. The number of halogens is 1. The molecular weight excluding hydrogens is 190 g/mol. The van der Waals surface area contributed by atoms with Crippen molar-refractivity contribution in [2.75, 3.05) is 7.11 Å². The highest BCUT2D eigenvalue weighted by Gasteiger charge is 2.01. The summed E-state index contributed by atoms with van der Waals surface area (Å²) in [6.45, 7) is 0.482. The molecule has 4 heteroatoms. The van der Waals surface area contributed by atoms with E-state index in [1.54, 1.807) is 7.11 Å². The molecular formula is C9H14ClNO2. The van der Waals surface area contributed by atoms with Crippen LogP contribution in [0.3, 0.4) is 0 Å². The third-order valence-corrected chi connectivity index (χ3v) is 1.76. The summed E-state index contributed by atoms with van der Waals surface area (Å²) < 4.78 is 5.06. The average Bonchev–Trinajstić information content (AvgIpc) is 2.16. The first-order chi connectivity index (χ1) is 5.81. The van der Waals surface area contributed by atoms with Gasteiger partial charge in [-0.1, -0.05) is 12.1 Å². The van der Waals surface area contributed by atoms with E-state index in [1.807, 2.05) is 18.2 Å². The Balaban J connectivity index is 0.00000144. The molecule has 0 unspecified atom stereocenters. The molecule has 3 N–H and O–H groups in total. The molecule has 0 spiro atoms. The highest BCUT2D eigenvalue weighted by atomic mass is 35.5. The summed E-state index contributed by atoms with van der Waals surface area (Å²) >= 11 is 0. The number of rotatable bonds is 3. The minimum absolute atomic E-state index is 0. The summed E-state index contributed by atoms with van der Waals surface area (Å²) in [4.78, 5) is 0. The number of hydrogen-bond acceptors (Lipinski definition) is 3. The fourth-order valence-corrected chi connectivity index (χ4v) is 1.05. The Hall–Kier alpha value is -0.770. The lowest BCUT2D eigenvalue weighted by atomic mass is 10.1. The molecule has 0 atom stereocenters. The van der Waals surface area contributed by atoms with E-state index in [9.17, 15) is 0 Å². The Morgan fingerprint density at radius 3 is 2.62 bits per heavy atom. The third-order valence-electron chi connectivity index (χ3n) is 1.76. The molecule has 0 heterocycles. The van der Waals surface area contributed by atoms with Crippen molar-refractivity contribution in [1.82, 2.24) is 0 Å². The van der Waals surface area contributed by atoms with E-state index in [0.717, 1.165) is 11.1 Å². The summed E-state index contributed by atoms with van der Waals surface area (Å²) in [5.41, 5.74) is 7.24. The van der Waals surface area contributed by atoms with Gasteiger partial charge in [0.05, 0.1) is 13.7 Å². The molecule has 3 nitrogen and oxygen atoms in total. The van der Waals surface area contributed by atoms with Gasteiger partial charge in [-0.15, -0.1) is 12.4 Å². The van der Waals surface area contributed by atoms with Gasteiger partial charge < -0.3 is 15.6 Å². The molecule has 0 saturated heterocycles. The lowest BCUT2D eigenvalue weighted by molar-refractivity contribution is 0.273. The van der Waals surface area contributed by atoms with E-state index in [0.29, 0.717) is 12.3 Å². The lowest BCUT2D eigenvalue weighted by Crippen LogP contribution is -1.98. The maximum Gasteiger partial charge on any atom is 0.124 e. The Labute approximate surface area is 83.9 Å². The van der Waals surface area contributed by atoms with Crippen molar-refractivity contribution < 1.29 is 9.84 Å². The van der Waals surface area contributed by atoms with Crippen molar-refractivity contribution in [2.24, 2.45) is 5.73 Å². The Kier molecular flexibility index (Phi) is 5.46. The van der Waals surface area contributed by atoms with Crippen LogP contribution in [0.15, 0.2) is 18.2 Å². The number of nitrogens with two attached hydrogens (primary N) is 1. The Morgan fingerprint density at radius 1 is 1.46 bits per heavy atom. The molecule has 0 aliphatic carbocycles. The molecule has 0 bridgehead atoms. The van der Waals surface area contributed by atoms with Crippen LogP contribution < -0.4 is 10.5 Å². The first-order valence-electron chi connectivity index (χ1n) is 3.78. The zero-order valence-corrected chi connectivity index (χ0v) is 8.30. The molecule has 0 aliphatic rings. The Morgan fingerprint density at radius 2 is 2.15 bits per heavy atom. The molecule has 74 valence electrons. The Bertz CT molecular complexity index is 266. The zero-order valence-electron chi connectivity index (χ0n) is 7.49. The van der Waals surface area contributed by atoms with Gasteiger partial charge in [-0.05, 0) is 11.6 Å². The predicted molar refractivity (Wildman–Crippen MR) is 54.1 cm³/mol. The number of methoxy groups -OCH3 is 1. The van der Waals surface area contributed by atoms with Gasteiger partial charge in [-0.2, -0.15) is 0 Å². The van der Waals surface area contributed by atoms with Crippen LogP contribution in [0, 0.1) is 0 Å². The quantitative estimate of drug-likeness (QED) is 0.773. The molecule has 1 aromatic carbocycles. The van der Waals surface area contributed by atoms with E-state index in [-0.39, 0.29) is 19.0 Å². The van der Waals surface area contributed by atoms with Crippen molar-refractivity contribution in [1.29, 1.82) is 0 Å². The van der Waals surface area contributed by atoms with Gasteiger partial charge in [0.25, 0.3) is 0 Å². The summed E-state index contributed by atoms with van der Waals surface area (Å²) in [5, 5.41) is 8.90. The first-order valence-corrected chi connectivity index (χ1v) is 3.78. The van der Waals surface area contributed by atoms with Crippen LogP contribution in [-0.2, 0) is 13.2 Å². The van der Waals surface area contributed by atoms with E-state index < -0.39 is 0 Å². The fraction of sp³-hybridized carbons (Fsp3) is 0.333. The molecule has 0 fully saturated rings. The molecule has 13 heavy (non-hydrogen) atoms. The van der Waals surface area contributed by atoms with Crippen LogP contribution in [0.4, 0.5) is 0 Å². The second-order valence-electron chi connectivity index (χ2n) is 2.51. The van der Waals surface area contributed by atoms with Crippen molar-refractivity contribution in [2.45, 2.75) is 13.2 Å². The number of benzene rings is 1. The standard InChI is InChI=1S/C9H13NO2.ClH/c1-12-9-4-7(5-10)2-3-8(9)6-11;/h2-4,11H,5-6,10H2,1H3;1H. The molecule has 1 rings (SSSR count). The molecule has 0 radical (unpaired) electrons. The van der Waals surface area contributed by atoms with Crippen LogP contribution in [0.5, 0.6) is 5.75 Å². The van der Waals surface area contributed by atoms with Crippen LogP contribution >= 0.6 is 12.4 Å². The van der Waals surface area contributed by atoms with Gasteiger partial charge in [-0.25, -0.2) is 0 Å². The summed E-state index contributed by atoms with van der Waals surface area (Å²) in [6, 6.07) is 5.54. The van der Waals surface area contributed by atoms with E-state index in [4.69, 9.17) is 15.6 Å². The van der Waals surface area contributed by atoms with E-state index >= 15 is 0 Å². The van der Waals surface area contributed by atoms with Crippen LogP contribution in [0.2, 0.25) is 0 Å². The monoisotopic (exact) mass is 203 g/mol. The van der Waals surface area contributed by atoms with Crippen molar-refractivity contribution in [3.63, 3.8) is 0 Å². The molecule has 0 aromatic heterocycles. The van der Waals surface area contributed by atoms with Crippen LogP contribution in [-0.4, -0.2) is 12.2 Å².